The van der Waals surface area contributed by atoms with Crippen LogP contribution in [0.25, 0.3) is 0 Å². The number of halogens is 2. The molecule has 2 aromatic carbocycles. The number of carbonyl (C=O) groups excluding carboxylic acids is 1. The number of hydrogen-bond acceptors (Lipinski definition) is 3. The lowest BCUT2D eigenvalue weighted by molar-refractivity contribution is 0.173. The van der Waals surface area contributed by atoms with Gasteiger partial charge in [-0.25, -0.2) is 9.18 Å². The van der Waals surface area contributed by atoms with E-state index in [1.807, 2.05) is 0 Å². The standard InChI is InChI=1S/C16H16ClFN2O3/c17-12-4-2-11(3-5-12)15(22)9-20-16(23)19-8-10-1-6-14(21)13(18)7-10/h1-7,15,21-22H,8-9H2,(H2,19,20,23). The summed E-state index contributed by atoms with van der Waals surface area (Å²) in [6.07, 6.45) is -0.857. The maximum absolute atomic E-state index is 13.2. The van der Waals surface area contributed by atoms with Gasteiger partial charge in [0, 0.05) is 18.1 Å². The molecule has 4 N–H and O–H groups in total. The number of hydrogen-bond donors (Lipinski definition) is 4. The molecule has 0 spiro atoms. The number of carbonyl (C=O) groups is 1. The van der Waals surface area contributed by atoms with Gasteiger partial charge in [0.2, 0.25) is 0 Å². The second-order valence-corrected chi connectivity index (χ2v) is 5.35. The Bertz CT molecular complexity index is 680. The average Bonchev–Trinajstić information content (AvgIpc) is 2.54. The van der Waals surface area contributed by atoms with Crippen LogP contribution in [0.5, 0.6) is 5.75 Å². The smallest absolute Gasteiger partial charge is 0.315 e. The molecule has 0 fully saturated rings. The number of aromatic hydroxyl groups is 1. The van der Waals surface area contributed by atoms with E-state index in [0.29, 0.717) is 16.1 Å². The van der Waals surface area contributed by atoms with Crippen molar-refractivity contribution in [1.82, 2.24) is 10.6 Å². The zero-order chi connectivity index (χ0) is 16.8. The number of nitrogens with one attached hydrogen (secondary N) is 2. The van der Waals surface area contributed by atoms with Crippen molar-refractivity contribution in [1.29, 1.82) is 0 Å². The number of phenolic OH excluding ortho intramolecular Hbond substituents is 1. The van der Waals surface area contributed by atoms with Crippen LogP contribution < -0.4 is 10.6 Å². The van der Waals surface area contributed by atoms with E-state index in [1.165, 1.54) is 12.1 Å². The highest BCUT2D eigenvalue weighted by atomic mass is 35.5. The van der Waals surface area contributed by atoms with E-state index in [0.717, 1.165) is 6.07 Å². The normalized spacial score (nSPS) is 11.8. The molecule has 0 saturated carbocycles. The highest BCUT2D eigenvalue weighted by Crippen LogP contribution is 2.16. The van der Waals surface area contributed by atoms with Gasteiger partial charge in [-0.3, -0.25) is 0 Å². The summed E-state index contributed by atoms with van der Waals surface area (Å²) in [5.74, 6) is -1.19. The highest BCUT2D eigenvalue weighted by molar-refractivity contribution is 6.30. The molecule has 2 rings (SSSR count). The summed E-state index contributed by atoms with van der Waals surface area (Å²) in [4.78, 5) is 11.7. The van der Waals surface area contributed by atoms with Crippen LogP contribution in [-0.2, 0) is 6.54 Å². The Hall–Kier alpha value is -2.31. The Balaban J connectivity index is 1.78. The first-order chi connectivity index (χ1) is 11.0. The van der Waals surface area contributed by atoms with Crippen LogP contribution in [-0.4, -0.2) is 22.8 Å². The molecule has 5 nitrogen and oxygen atoms in total. The molecule has 0 aliphatic heterocycles. The van der Waals surface area contributed by atoms with Gasteiger partial charge in [0.15, 0.2) is 11.6 Å². The average molecular weight is 339 g/mol. The number of phenols is 1. The van der Waals surface area contributed by atoms with Crippen molar-refractivity contribution in [3.63, 3.8) is 0 Å². The van der Waals surface area contributed by atoms with Crippen molar-refractivity contribution < 1.29 is 19.4 Å². The van der Waals surface area contributed by atoms with Crippen LogP contribution in [0.1, 0.15) is 17.2 Å². The summed E-state index contributed by atoms with van der Waals surface area (Å²) in [6.45, 7) is 0.122. The molecular weight excluding hydrogens is 323 g/mol. The van der Waals surface area contributed by atoms with Gasteiger partial charge >= 0.3 is 6.03 Å². The fourth-order valence-electron chi connectivity index (χ4n) is 1.90. The minimum absolute atomic E-state index is 0.0252. The lowest BCUT2D eigenvalue weighted by Gasteiger charge is -2.13. The largest absolute Gasteiger partial charge is 0.505 e. The molecule has 122 valence electrons. The van der Waals surface area contributed by atoms with Gasteiger partial charge in [-0.15, -0.1) is 0 Å². The molecule has 2 amide bonds. The Morgan fingerprint density at radius 3 is 2.52 bits per heavy atom. The van der Waals surface area contributed by atoms with Gasteiger partial charge in [-0.05, 0) is 35.4 Å². The van der Waals surface area contributed by atoms with Crippen molar-refractivity contribution in [3.8, 4) is 5.75 Å². The molecule has 23 heavy (non-hydrogen) atoms. The first-order valence-electron chi connectivity index (χ1n) is 6.88. The topological polar surface area (TPSA) is 81.6 Å². The molecule has 0 aliphatic carbocycles. The minimum atomic E-state index is -0.857. The summed E-state index contributed by atoms with van der Waals surface area (Å²) < 4.78 is 13.2. The van der Waals surface area contributed by atoms with Crippen LogP contribution in [0, 0.1) is 5.82 Å². The first-order valence-corrected chi connectivity index (χ1v) is 7.26. The highest BCUT2D eigenvalue weighted by Gasteiger charge is 2.09. The number of rotatable bonds is 5. The quantitative estimate of drug-likeness (QED) is 0.676. The lowest BCUT2D eigenvalue weighted by atomic mass is 10.1. The van der Waals surface area contributed by atoms with Crippen LogP contribution in [0.3, 0.4) is 0 Å². The molecule has 0 bridgehead atoms. The summed E-state index contributed by atoms with van der Waals surface area (Å²) in [5.41, 5.74) is 1.14. The van der Waals surface area contributed by atoms with E-state index in [2.05, 4.69) is 10.6 Å². The third-order valence-corrected chi connectivity index (χ3v) is 3.43. The number of amides is 2. The van der Waals surface area contributed by atoms with Crippen LogP contribution in [0.2, 0.25) is 5.02 Å². The molecule has 0 aromatic heterocycles. The number of urea groups is 1. The van der Waals surface area contributed by atoms with Gasteiger partial charge < -0.3 is 20.8 Å². The summed E-state index contributed by atoms with van der Waals surface area (Å²) in [7, 11) is 0. The Morgan fingerprint density at radius 1 is 1.17 bits per heavy atom. The van der Waals surface area contributed by atoms with Crippen molar-refractivity contribution in [2.75, 3.05) is 6.54 Å². The lowest BCUT2D eigenvalue weighted by Crippen LogP contribution is -2.37. The molecule has 7 heteroatoms. The molecule has 0 saturated heterocycles. The van der Waals surface area contributed by atoms with E-state index in [9.17, 15) is 14.3 Å². The maximum Gasteiger partial charge on any atom is 0.315 e. The second kappa shape index (κ2) is 7.80. The molecule has 0 heterocycles. The third kappa shape index (κ3) is 5.12. The van der Waals surface area contributed by atoms with Gasteiger partial charge in [0.25, 0.3) is 0 Å². The van der Waals surface area contributed by atoms with Gasteiger partial charge in [-0.2, -0.15) is 0 Å². The molecule has 1 unspecified atom stereocenters. The summed E-state index contributed by atoms with van der Waals surface area (Å²) >= 11 is 5.76. The van der Waals surface area contributed by atoms with E-state index < -0.39 is 23.7 Å². The third-order valence-electron chi connectivity index (χ3n) is 3.18. The van der Waals surface area contributed by atoms with E-state index in [4.69, 9.17) is 16.7 Å². The van der Waals surface area contributed by atoms with Gasteiger partial charge in [0.05, 0.1) is 6.10 Å². The van der Waals surface area contributed by atoms with E-state index >= 15 is 0 Å². The predicted molar refractivity (Wildman–Crippen MR) is 84.7 cm³/mol. The SMILES string of the molecule is O=C(NCc1ccc(O)c(F)c1)NCC(O)c1ccc(Cl)cc1. The van der Waals surface area contributed by atoms with Crippen LogP contribution in [0.4, 0.5) is 9.18 Å². The zero-order valence-electron chi connectivity index (χ0n) is 12.1. The number of aliphatic hydroxyl groups is 1. The first kappa shape index (κ1) is 17.1. The number of aliphatic hydroxyl groups excluding tert-OH is 1. The van der Waals surface area contributed by atoms with Crippen molar-refractivity contribution in [3.05, 3.63) is 64.4 Å². The summed E-state index contributed by atoms with van der Waals surface area (Å²) in [5, 5.41) is 24.6. The Kier molecular flexibility index (Phi) is 5.78. The fraction of sp³-hybridized carbons (Fsp3) is 0.188. The van der Waals surface area contributed by atoms with E-state index in [1.54, 1.807) is 24.3 Å². The molecule has 0 aliphatic rings. The van der Waals surface area contributed by atoms with Crippen molar-refractivity contribution >= 4 is 17.6 Å². The van der Waals surface area contributed by atoms with Gasteiger partial charge in [0.1, 0.15) is 0 Å². The van der Waals surface area contributed by atoms with Crippen LogP contribution >= 0.6 is 11.6 Å². The Morgan fingerprint density at radius 2 is 1.87 bits per heavy atom. The van der Waals surface area contributed by atoms with Crippen molar-refractivity contribution in [2.45, 2.75) is 12.6 Å². The van der Waals surface area contributed by atoms with E-state index in [-0.39, 0.29) is 13.1 Å². The maximum atomic E-state index is 13.2. The monoisotopic (exact) mass is 338 g/mol. The van der Waals surface area contributed by atoms with Crippen molar-refractivity contribution in [2.24, 2.45) is 0 Å². The van der Waals surface area contributed by atoms with Crippen LogP contribution in [0.15, 0.2) is 42.5 Å². The molecule has 1 atom stereocenters. The predicted octanol–water partition coefficient (Wildman–Crippen LogP) is 2.72. The second-order valence-electron chi connectivity index (χ2n) is 4.92. The Labute approximate surface area is 137 Å². The number of benzene rings is 2. The minimum Gasteiger partial charge on any atom is -0.505 e. The fourth-order valence-corrected chi connectivity index (χ4v) is 2.02. The summed E-state index contributed by atoms with van der Waals surface area (Å²) in [6, 6.07) is 10.0. The molecule has 0 radical (unpaired) electrons. The van der Waals surface area contributed by atoms with Gasteiger partial charge in [-0.1, -0.05) is 29.8 Å². The molecular formula is C16H16ClFN2O3. The zero-order valence-corrected chi connectivity index (χ0v) is 12.8. The molecule has 2 aromatic rings.